The Morgan fingerprint density at radius 2 is 1.92 bits per heavy atom. The zero-order valence-corrected chi connectivity index (χ0v) is 14.9. The molecule has 2 rings (SSSR count). The molecule has 3 unspecified atom stereocenters. The van der Waals surface area contributed by atoms with Crippen molar-refractivity contribution in [1.29, 1.82) is 0 Å². The maximum Gasteiger partial charge on any atom is 0.308 e. The molecule has 2 N–H and O–H groups in total. The van der Waals surface area contributed by atoms with Gasteiger partial charge in [-0.15, -0.1) is 11.8 Å². The Labute approximate surface area is 149 Å². The Bertz CT molecular complexity index is 637. The third-order valence-corrected chi connectivity index (χ3v) is 5.31. The van der Waals surface area contributed by atoms with Gasteiger partial charge < -0.3 is 15.3 Å². The predicted molar refractivity (Wildman–Crippen MR) is 93.1 cm³/mol. The van der Waals surface area contributed by atoms with Crippen molar-refractivity contribution in [3.8, 4) is 0 Å². The minimum Gasteiger partial charge on any atom is -0.481 e. The minimum absolute atomic E-state index is 0.240. The van der Waals surface area contributed by atoms with Crippen molar-refractivity contribution in [3.05, 3.63) is 34.9 Å². The van der Waals surface area contributed by atoms with Crippen LogP contribution in [0.1, 0.15) is 24.2 Å². The second-order valence-corrected chi connectivity index (χ2v) is 7.16. The number of carboxylic acid groups (broad SMARTS) is 1. The maximum atomic E-state index is 12.6. The number of carbonyl (C=O) groups excluding carboxylic acids is 2. The zero-order valence-electron chi connectivity index (χ0n) is 13.4. The van der Waals surface area contributed by atoms with E-state index in [0.29, 0.717) is 22.2 Å². The summed E-state index contributed by atoms with van der Waals surface area (Å²) in [6, 6.07) is 5.37. The lowest BCUT2D eigenvalue weighted by Gasteiger charge is -2.26. The van der Waals surface area contributed by atoms with Gasteiger partial charge in [-0.25, -0.2) is 0 Å². The van der Waals surface area contributed by atoms with E-state index >= 15 is 0 Å². The van der Waals surface area contributed by atoms with Gasteiger partial charge in [0.15, 0.2) is 0 Å². The molecule has 24 heavy (non-hydrogen) atoms. The Morgan fingerprint density at radius 3 is 2.50 bits per heavy atom. The molecule has 0 aliphatic carbocycles. The molecule has 8 heteroatoms. The normalized spacial score (nSPS) is 19.6. The van der Waals surface area contributed by atoms with Crippen LogP contribution in [0.2, 0.25) is 5.02 Å². The number of carbonyl (C=O) groups is 3. The number of carboxylic acids is 1. The highest BCUT2D eigenvalue weighted by Crippen LogP contribution is 2.24. The fourth-order valence-electron chi connectivity index (χ4n) is 2.28. The van der Waals surface area contributed by atoms with Gasteiger partial charge in [-0.3, -0.25) is 14.4 Å². The molecule has 0 spiro atoms. The van der Waals surface area contributed by atoms with Crippen LogP contribution in [0.5, 0.6) is 0 Å². The lowest BCUT2D eigenvalue weighted by Crippen LogP contribution is -2.51. The van der Waals surface area contributed by atoms with E-state index in [1.165, 1.54) is 23.6 Å². The molecule has 1 aromatic carbocycles. The van der Waals surface area contributed by atoms with Gasteiger partial charge in [0, 0.05) is 22.4 Å². The van der Waals surface area contributed by atoms with E-state index in [0.717, 1.165) is 0 Å². The van der Waals surface area contributed by atoms with Crippen LogP contribution in [-0.4, -0.2) is 51.5 Å². The lowest BCUT2D eigenvalue weighted by molar-refractivity contribution is -0.142. The topological polar surface area (TPSA) is 86.7 Å². The van der Waals surface area contributed by atoms with Gasteiger partial charge in [0.05, 0.1) is 11.8 Å². The van der Waals surface area contributed by atoms with Crippen molar-refractivity contribution < 1.29 is 19.5 Å². The van der Waals surface area contributed by atoms with Crippen LogP contribution in [0, 0.1) is 5.92 Å². The highest BCUT2D eigenvalue weighted by molar-refractivity contribution is 7.99. The number of nitrogens with zero attached hydrogens (tertiary/aromatic N) is 1. The third kappa shape index (κ3) is 4.21. The fourth-order valence-corrected chi connectivity index (χ4v) is 3.56. The van der Waals surface area contributed by atoms with E-state index in [2.05, 4.69) is 5.32 Å². The molecule has 0 bridgehead atoms. The van der Waals surface area contributed by atoms with Gasteiger partial charge in [0.2, 0.25) is 5.91 Å². The molecular formula is C16H19ClN2O4S. The number of aliphatic carboxylic acids is 1. The highest BCUT2D eigenvalue weighted by atomic mass is 35.5. The van der Waals surface area contributed by atoms with E-state index in [1.807, 2.05) is 0 Å². The molecule has 1 fully saturated rings. The number of nitrogens with one attached hydrogen (secondary N) is 1. The SMILES string of the molecule is CC(NC(=O)C1CSCN1C(=O)c1ccc(Cl)cc1)C(C)C(=O)O. The Morgan fingerprint density at radius 1 is 1.29 bits per heavy atom. The zero-order chi connectivity index (χ0) is 17.9. The van der Waals surface area contributed by atoms with Gasteiger partial charge >= 0.3 is 5.97 Å². The first-order chi connectivity index (χ1) is 11.3. The minimum atomic E-state index is -0.974. The number of hydrogen-bond donors (Lipinski definition) is 2. The molecule has 1 aromatic rings. The second kappa shape index (κ2) is 7.90. The summed E-state index contributed by atoms with van der Waals surface area (Å²) in [6.07, 6.45) is 0. The van der Waals surface area contributed by atoms with Gasteiger partial charge in [0.25, 0.3) is 5.91 Å². The molecule has 0 aromatic heterocycles. The van der Waals surface area contributed by atoms with Gasteiger partial charge in [-0.1, -0.05) is 11.6 Å². The highest BCUT2D eigenvalue weighted by Gasteiger charge is 2.36. The average Bonchev–Trinajstić information content (AvgIpc) is 3.03. The Kier molecular flexibility index (Phi) is 6.12. The Hall–Kier alpha value is -1.73. The van der Waals surface area contributed by atoms with Crippen LogP contribution >= 0.6 is 23.4 Å². The molecular weight excluding hydrogens is 352 g/mol. The smallest absolute Gasteiger partial charge is 0.308 e. The molecule has 0 saturated carbocycles. The number of benzene rings is 1. The summed E-state index contributed by atoms with van der Waals surface area (Å²) in [4.78, 5) is 37.5. The standard InChI is InChI=1S/C16H19ClN2O4S/c1-9(16(22)23)10(2)18-14(20)13-7-24-8-19(13)15(21)11-3-5-12(17)6-4-11/h3-6,9-10,13H,7-8H2,1-2H3,(H,18,20)(H,22,23). The summed E-state index contributed by atoms with van der Waals surface area (Å²) in [6.45, 7) is 3.18. The van der Waals surface area contributed by atoms with Crippen molar-refractivity contribution in [2.24, 2.45) is 5.92 Å². The second-order valence-electron chi connectivity index (χ2n) is 5.72. The van der Waals surface area contributed by atoms with Crippen molar-refractivity contribution in [2.45, 2.75) is 25.9 Å². The average molecular weight is 371 g/mol. The Balaban J connectivity index is 2.06. The molecule has 2 amide bonds. The van der Waals surface area contributed by atoms with Crippen LogP contribution in [-0.2, 0) is 9.59 Å². The van der Waals surface area contributed by atoms with Crippen molar-refractivity contribution >= 4 is 41.1 Å². The van der Waals surface area contributed by atoms with Gasteiger partial charge in [0.1, 0.15) is 6.04 Å². The van der Waals surface area contributed by atoms with Gasteiger partial charge in [-0.2, -0.15) is 0 Å². The predicted octanol–water partition coefficient (Wildman–Crippen LogP) is 2.08. The number of halogens is 1. The largest absolute Gasteiger partial charge is 0.481 e. The first-order valence-corrected chi connectivity index (χ1v) is 9.02. The maximum absolute atomic E-state index is 12.6. The summed E-state index contributed by atoms with van der Waals surface area (Å²) in [5.41, 5.74) is 0.464. The molecule has 1 heterocycles. The van der Waals surface area contributed by atoms with Crippen LogP contribution in [0.15, 0.2) is 24.3 Å². The number of rotatable bonds is 5. The van der Waals surface area contributed by atoms with Crippen molar-refractivity contribution in [2.75, 3.05) is 11.6 Å². The van der Waals surface area contributed by atoms with E-state index in [9.17, 15) is 14.4 Å². The van der Waals surface area contributed by atoms with Crippen LogP contribution in [0.4, 0.5) is 0 Å². The first kappa shape index (κ1) is 18.6. The summed E-state index contributed by atoms with van der Waals surface area (Å²) in [5, 5.41) is 12.2. The lowest BCUT2D eigenvalue weighted by atomic mass is 10.0. The van der Waals surface area contributed by atoms with E-state index in [4.69, 9.17) is 16.7 Å². The molecule has 1 aliphatic heterocycles. The van der Waals surface area contributed by atoms with Crippen LogP contribution < -0.4 is 5.32 Å². The molecule has 0 radical (unpaired) electrons. The van der Waals surface area contributed by atoms with Gasteiger partial charge in [-0.05, 0) is 38.1 Å². The summed E-state index contributed by atoms with van der Waals surface area (Å²) < 4.78 is 0. The number of amides is 2. The quantitative estimate of drug-likeness (QED) is 0.828. The van der Waals surface area contributed by atoms with Crippen LogP contribution in [0.25, 0.3) is 0 Å². The van der Waals surface area contributed by atoms with E-state index in [-0.39, 0.29) is 11.8 Å². The summed E-state index contributed by atoms with van der Waals surface area (Å²) in [5.74, 6) is -1.35. The molecule has 3 atom stereocenters. The van der Waals surface area contributed by atoms with Crippen LogP contribution in [0.3, 0.4) is 0 Å². The molecule has 130 valence electrons. The first-order valence-electron chi connectivity index (χ1n) is 7.48. The van der Waals surface area contributed by atoms with E-state index < -0.39 is 24.0 Å². The fraction of sp³-hybridized carbons (Fsp3) is 0.438. The van der Waals surface area contributed by atoms with E-state index in [1.54, 1.807) is 31.2 Å². The number of hydrogen-bond acceptors (Lipinski definition) is 4. The molecule has 1 aliphatic rings. The third-order valence-electron chi connectivity index (χ3n) is 4.05. The number of thioether (sulfide) groups is 1. The van der Waals surface area contributed by atoms with Crippen molar-refractivity contribution in [1.82, 2.24) is 10.2 Å². The summed E-state index contributed by atoms with van der Waals surface area (Å²) >= 11 is 7.31. The van der Waals surface area contributed by atoms with Crippen molar-refractivity contribution in [3.63, 3.8) is 0 Å². The monoisotopic (exact) mass is 370 g/mol. The molecule has 6 nitrogen and oxygen atoms in total. The molecule has 1 saturated heterocycles. The summed E-state index contributed by atoms with van der Waals surface area (Å²) in [7, 11) is 0.